The Morgan fingerprint density at radius 2 is 1.62 bits per heavy atom. The number of thiol groups is 1. The summed E-state index contributed by atoms with van der Waals surface area (Å²) in [4.78, 5) is 10.6. The molecule has 78 valence electrons. The highest BCUT2D eigenvalue weighted by Gasteiger charge is 1.94. The zero-order valence-corrected chi connectivity index (χ0v) is 10.1. The van der Waals surface area contributed by atoms with Crippen LogP contribution in [0, 0.1) is 0 Å². The van der Waals surface area contributed by atoms with Crippen molar-refractivity contribution < 1.29 is 4.79 Å². The fraction of sp³-hybridized carbons (Fsp3) is 0.900. The van der Waals surface area contributed by atoms with Crippen LogP contribution in [0.4, 0.5) is 0 Å². The van der Waals surface area contributed by atoms with Crippen LogP contribution in [0.25, 0.3) is 0 Å². The Morgan fingerprint density at radius 3 is 2.15 bits per heavy atom. The molecule has 1 nitrogen and oxygen atoms in total. The molecule has 0 aromatic carbocycles. The van der Waals surface area contributed by atoms with E-state index >= 15 is 0 Å². The highest BCUT2D eigenvalue weighted by molar-refractivity contribution is 8.13. The number of carbonyl (C=O) groups excluding carboxylic acids is 1. The molecule has 0 aliphatic carbocycles. The normalized spacial score (nSPS) is 10.3. The Hall–Kier alpha value is 0.370. The maximum Gasteiger partial charge on any atom is 0.185 e. The van der Waals surface area contributed by atoms with Crippen molar-refractivity contribution in [2.45, 2.75) is 45.4 Å². The standard InChI is InChI=1S/C10H20OS2/c1-10(11)13-9-7-5-3-2-4-6-8-12/h12H,2-9H2,1H3. The molecule has 0 amide bonds. The molecule has 0 bridgehead atoms. The molecule has 0 aliphatic heterocycles. The molecule has 0 spiro atoms. The minimum absolute atomic E-state index is 0.245. The first-order valence-corrected chi connectivity index (χ1v) is 6.63. The van der Waals surface area contributed by atoms with Gasteiger partial charge in [-0.05, 0) is 18.6 Å². The monoisotopic (exact) mass is 220 g/mol. The van der Waals surface area contributed by atoms with E-state index in [1.165, 1.54) is 50.3 Å². The summed E-state index contributed by atoms with van der Waals surface area (Å²) in [6.45, 7) is 1.64. The summed E-state index contributed by atoms with van der Waals surface area (Å²) in [6.07, 6.45) is 7.64. The van der Waals surface area contributed by atoms with Gasteiger partial charge in [0.05, 0.1) is 0 Å². The van der Waals surface area contributed by atoms with E-state index < -0.39 is 0 Å². The lowest BCUT2D eigenvalue weighted by atomic mass is 10.1. The van der Waals surface area contributed by atoms with Gasteiger partial charge in [0.1, 0.15) is 0 Å². The van der Waals surface area contributed by atoms with Gasteiger partial charge >= 0.3 is 0 Å². The molecular weight excluding hydrogens is 200 g/mol. The predicted molar refractivity (Wildman–Crippen MR) is 64.7 cm³/mol. The van der Waals surface area contributed by atoms with E-state index in [2.05, 4.69) is 12.6 Å². The summed E-state index contributed by atoms with van der Waals surface area (Å²) in [5.41, 5.74) is 0. The predicted octanol–water partition coefficient (Wildman–Crippen LogP) is 3.54. The number of carbonyl (C=O) groups is 1. The van der Waals surface area contributed by atoms with Crippen molar-refractivity contribution in [2.24, 2.45) is 0 Å². The molecule has 0 radical (unpaired) electrons. The van der Waals surface area contributed by atoms with Crippen LogP contribution < -0.4 is 0 Å². The summed E-state index contributed by atoms with van der Waals surface area (Å²) in [6, 6.07) is 0. The van der Waals surface area contributed by atoms with E-state index in [1.54, 1.807) is 6.92 Å². The third kappa shape index (κ3) is 12.4. The van der Waals surface area contributed by atoms with E-state index in [4.69, 9.17) is 0 Å². The molecule has 0 unspecified atom stereocenters. The average molecular weight is 220 g/mol. The Labute approximate surface area is 91.5 Å². The Kier molecular flexibility index (Phi) is 10.7. The Bertz CT molecular complexity index is 126. The van der Waals surface area contributed by atoms with Crippen molar-refractivity contribution in [2.75, 3.05) is 11.5 Å². The lowest BCUT2D eigenvalue weighted by Gasteiger charge is -1.99. The second-order valence-electron chi connectivity index (χ2n) is 3.18. The molecule has 0 aliphatic rings. The molecule has 0 aromatic rings. The summed E-state index contributed by atoms with van der Waals surface area (Å²) in [7, 11) is 0. The Balaban J connectivity index is 2.87. The van der Waals surface area contributed by atoms with Gasteiger partial charge in [-0.15, -0.1) is 0 Å². The van der Waals surface area contributed by atoms with Crippen molar-refractivity contribution >= 4 is 29.5 Å². The molecule has 0 saturated heterocycles. The number of thioether (sulfide) groups is 1. The summed E-state index contributed by atoms with van der Waals surface area (Å²) < 4.78 is 0. The van der Waals surface area contributed by atoms with E-state index in [-0.39, 0.29) is 5.12 Å². The first-order chi connectivity index (χ1) is 6.27. The fourth-order valence-corrected chi connectivity index (χ4v) is 2.00. The van der Waals surface area contributed by atoms with Gasteiger partial charge in [0.15, 0.2) is 5.12 Å². The highest BCUT2D eigenvalue weighted by Crippen LogP contribution is 2.10. The van der Waals surface area contributed by atoms with Crippen molar-refractivity contribution in [1.82, 2.24) is 0 Å². The number of unbranched alkanes of at least 4 members (excludes halogenated alkanes) is 5. The van der Waals surface area contributed by atoms with Crippen molar-refractivity contribution in [3.63, 3.8) is 0 Å². The summed E-state index contributed by atoms with van der Waals surface area (Å²) in [5, 5.41) is 0.245. The van der Waals surface area contributed by atoms with Gasteiger partial charge in [0.2, 0.25) is 0 Å². The molecule has 0 N–H and O–H groups in total. The average Bonchev–Trinajstić information content (AvgIpc) is 2.09. The van der Waals surface area contributed by atoms with Crippen LogP contribution in [-0.2, 0) is 4.79 Å². The van der Waals surface area contributed by atoms with Gasteiger partial charge in [-0.3, -0.25) is 4.79 Å². The van der Waals surface area contributed by atoms with Crippen LogP contribution in [0.5, 0.6) is 0 Å². The van der Waals surface area contributed by atoms with Crippen LogP contribution in [0.15, 0.2) is 0 Å². The molecule has 0 rings (SSSR count). The van der Waals surface area contributed by atoms with Gasteiger partial charge in [0.25, 0.3) is 0 Å². The second kappa shape index (κ2) is 10.5. The van der Waals surface area contributed by atoms with Gasteiger partial charge in [-0.25, -0.2) is 0 Å². The molecule has 0 heterocycles. The summed E-state index contributed by atoms with van der Waals surface area (Å²) >= 11 is 5.61. The van der Waals surface area contributed by atoms with E-state index in [0.717, 1.165) is 11.5 Å². The molecule has 0 aromatic heterocycles. The van der Waals surface area contributed by atoms with Crippen LogP contribution in [0.3, 0.4) is 0 Å². The summed E-state index contributed by atoms with van der Waals surface area (Å²) in [5.74, 6) is 2.02. The second-order valence-corrected chi connectivity index (χ2v) is 4.90. The lowest BCUT2D eigenvalue weighted by Crippen LogP contribution is -1.87. The topological polar surface area (TPSA) is 17.1 Å². The Morgan fingerprint density at radius 1 is 1.08 bits per heavy atom. The van der Waals surface area contributed by atoms with E-state index in [1.807, 2.05) is 0 Å². The van der Waals surface area contributed by atoms with Gasteiger partial charge in [0, 0.05) is 12.7 Å². The highest BCUT2D eigenvalue weighted by atomic mass is 32.2. The number of hydrogen-bond donors (Lipinski definition) is 1. The fourth-order valence-electron chi connectivity index (χ4n) is 1.14. The molecule has 0 atom stereocenters. The SMILES string of the molecule is CC(=O)SCCCCCCCCS. The zero-order valence-electron chi connectivity index (χ0n) is 8.42. The van der Waals surface area contributed by atoms with Crippen LogP contribution >= 0.6 is 24.4 Å². The minimum Gasteiger partial charge on any atom is -0.288 e. The van der Waals surface area contributed by atoms with Gasteiger partial charge in [-0.1, -0.05) is 37.4 Å². The molecule has 13 heavy (non-hydrogen) atoms. The third-order valence-corrected chi connectivity index (χ3v) is 3.07. The molecular formula is C10H20OS2. The zero-order chi connectivity index (χ0) is 9.94. The van der Waals surface area contributed by atoms with Gasteiger partial charge < -0.3 is 0 Å². The van der Waals surface area contributed by atoms with E-state index in [9.17, 15) is 4.79 Å². The first kappa shape index (κ1) is 13.4. The number of rotatable bonds is 8. The maximum atomic E-state index is 10.6. The third-order valence-electron chi connectivity index (χ3n) is 1.86. The molecule has 0 fully saturated rings. The first-order valence-electron chi connectivity index (χ1n) is 5.01. The molecule has 3 heteroatoms. The lowest BCUT2D eigenvalue weighted by molar-refractivity contribution is -0.109. The van der Waals surface area contributed by atoms with E-state index in [0.29, 0.717) is 0 Å². The minimum atomic E-state index is 0.245. The van der Waals surface area contributed by atoms with Crippen molar-refractivity contribution in [3.8, 4) is 0 Å². The van der Waals surface area contributed by atoms with Gasteiger partial charge in [-0.2, -0.15) is 12.6 Å². The quantitative estimate of drug-likeness (QED) is 0.498. The smallest absolute Gasteiger partial charge is 0.185 e. The maximum absolute atomic E-state index is 10.6. The van der Waals surface area contributed by atoms with Crippen molar-refractivity contribution in [3.05, 3.63) is 0 Å². The van der Waals surface area contributed by atoms with Crippen LogP contribution in [-0.4, -0.2) is 16.6 Å². The number of hydrogen-bond acceptors (Lipinski definition) is 3. The van der Waals surface area contributed by atoms with Crippen LogP contribution in [0.1, 0.15) is 45.4 Å². The molecule has 0 saturated carbocycles. The van der Waals surface area contributed by atoms with Crippen molar-refractivity contribution in [1.29, 1.82) is 0 Å². The largest absolute Gasteiger partial charge is 0.288 e. The van der Waals surface area contributed by atoms with Crippen LogP contribution in [0.2, 0.25) is 0 Å².